The maximum atomic E-state index is 12.6. The predicted molar refractivity (Wildman–Crippen MR) is 99.1 cm³/mol. The Hall–Kier alpha value is -3.12. The van der Waals surface area contributed by atoms with Crippen molar-refractivity contribution in [3.8, 4) is 0 Å². The third-order valence-corrected chi connectivity index (χ3v) is 4.32. The first-order chi connectivity index (χ1) is 12.6. The van der Waals surface area contributed by atoms with E-state index in [4.69, 9.17) is 16.0 Å². The van der Waals surface area contributed by atoms with Crippen molar-refractivity contribution in [3.05, 3.63) is 75.8 Å². The number of amides is 1. The number of fused-ring (bicyclic) bond motifs is 3. The molecule has 0 aliphatic rings. The largest absolute Gasteiger partial charge is 0.448 e. The van der Waals surface area contributed by atoms with Crippen molar-refractivity contribution in [2.24, 2.45) is 0 Å². The molecular formula is C19H14ClN3O3. The van der Waals surface area contributed by atoms with E-state index in [0.29, 0.717) is 22.7 Å². The van der Waals surface area contributed by atoms with Crippen LogP contribution in [0.3, 0.4) is 0 Å². The summed E-state index contributed by atoms with van der Waals surface area (Å²) in [5, 5.41) is 4.18. The van der Waals surface area contributed by atoms with Crippen LogP contribution in [0.1, 0.15) is 5.56 Å². The van der Waals surface area contributed by atoms with Crippen LogP contribution >= 0.6 is 11.6 Å². The average molecular weight is 368 g/mol. The molecule has 4 aromatic rings. The summed E-state index contributed by atoms with van der Waals surface area (Å²) < 4.78 is 6.84. The number of hydrogen-bond donors (Lipinski definition) is 1. The van der Waals surface area contributed by atoms with Crippen LogP contribution in [0.2, 0.25) is 5.02 Å². The van der Waals surface area contributed by atoms with Gasteiger partial charge in [-0.25, -0.2) is 4.98 Å². The summed E-state index contributed by atoms with van der Waals surface area (Å²) in [6.07, 6.45) is 1.37. The molecule has 130 valence electrons. The summed E-state index contributed by atoms with van der Waals surface area (Å²) in [5.74, 6) is -0.292. The lowest BCUT2D eigenvalue weighted by Gasteiger charge is -2.07. The zero-order chi connectivity index (χ0) is 18.1. The number of para-hydroxylation sites is 1. The minimum atomic E-state index is -0.382. The van der Waals surface area contributed by atoms with Gasteiger partial charge in [-0.2, -0.15) is 0 Å². The molecule has 0 radical (unpaired) electrons. The molecule has 2 heterocycles. The lowest BCUT2D eigenvalue weighted by Crippen LogP contribution is -2.32. The Labute approximate surface area is 153 Å². The minimum Gasteiger partial charge on any atom is -0.448 e. The molecule has 0 unspecified atom stereocenters. The van der Waals surface area contributed by atoms with E-state index in [1.54, 1.807) is 18.2 Å². The molecule has 2 aromatic carbocycles. The summed E-state index contributed by atoms with van der Waals surface area (Å²) in [6.45, 7) is 0.220. The van der Waals surface area contributed by atoms with Gasteiger partial charge in [-0.1, -0.05) is 35.9 Å². The number of benzene rings is 2. The SMILES string of the molecule is O=C(Cn1cnc2c(oc3ccccc32)c1=O)NCc1ccc(Cl)cc1. The summed E-state index contributed by atoms with van der Waals surface area (Å²) in [7, 11) is 0. The van der Waals surface area contributed by atoms with E-state index in [9.17, 15) is 9.59 Å². The maximum absolute atomic E-state index is 12.6. The van der Waals surface area contributed by atoms with Crippen molar-refractivity contribution in [1.82, 2.24) is 14.9 Å². The quantitative estimate of drug-likeness (QED) is 0.601. The van der Waals surface area contributed by atoms with E-state index >= 15 is 0 Å². The molecule has 1 amide bonds. The standard InChI is InChI=1S/C19H14ClN3O3/c20-13-7-5-12(6-8-13)9-21-16(24)10-23-11-22-17-14-3-1-2-4-15(14)26-18(17)19(23)25/h1-8,11H,9-10H2,(H,21,24). The lowest BCUT2D eigenvalue weighted by molar-refractivity contribution is -0.121. The van der Waals surface area contributed by atoms with Crippen molar-refractivity contribution in [2.45, 2.75) is 13.1 Å². The van der Waals surface area contributed by atoms with Gasteiger partial charge in [-0.15, -0.1) is 0 Å². The molecule has 0 saturated heterocycles. The second-order valence-corrected chi connectivity index (χ2v) is 6.29. The molecule has 0 fully saturated rings. The molecular weight excluding hydrogens is 354 g/mol. The fourth-order valence-corrected chi connectivity index (χ4v) is 2.87. The summed E-state index contributed by atoms with van der Waals surface area (Å²) in [6, 6.07) is 14.5. The highest BCUT2D eigenvalue weighted by molar-refractivity contribution is 6.30. The van der Waals surface area contributed by atoms with Gasteiger partial charge in [0, 0.05) is 17.0 Å². The van der Waals surface area contributed by atoms with Gasteiger partial charge in [-0.3, -0.25) is 14.2 Å². The molecule has 26 heavy (non-hydrogen) atoms. The average Bonchev–Trinajstić information content (AvgIpc) is 3.03. The Morgan fingerprint density at radius 3 is 2.73 bits per heavy atom. The number of rotatable bonds is 4. The Morgan fingerprint density at radius 2 is 1.92 bits per heavy atom. The Bertz CT molecular complexity index is 1160. The van der Waals surface area contributed by atoms with Gasteiger partial charge >= 0.3 is 0 Å². The third-order valence-electron chi connectivity index (χ3n) is 4.07. The molecule has 2 aromatic heterocycles. The highest BCUT2D eigenvalue weighted by Crippen LogP contribution is 2.23. The predicted octanol–water partition coefficient (Wildman–Crippen LogP) is 3.11. The fraction of sp³-hybridized carbons (Fsp3) is 0.105. The second-order valence-electron chi connectivity index (χ2n) is 5.86. The number of aromatic nitrogens is 2. The fourth-order valence-electron chi connectivity index (χ4n) is 2.74. The van der Waals surface area contributed by atoms with Crippen LogP contribution in [0.5, 0.6) is 0 Å². The molecule has 0 spiro atoms. The van der Waals surface area contributed by atoms with Gasteiger partial charge in [0.25, 0.3) is 5.56 Å². The first kappa shape index (κ1) is 16.4. The van der Waals surface area contributed by atoms with Crippen molar-refractivity contribution in [1.29, 1.82) is 0 Å². The van der Waals surface area contributed by atoms with Gasteiger partial charge in [0.2, 0.25) is 11.5 Å². The zero-order valence-electron chi connectivity index (χ0n) is 13.6. The molecule has 4 rings (SSSR count). The minimum absolute atomic E-state index is 0.133. The molecule has 6 nitrogen and oxygen atoms in total. The van der Waals surface area contributed by atoms with E-state index < -0.39 is 0 Å². The van der Waals surface area contributed by atoms with Crippen LogP contribution in [-0.4, -0.2) is 15.5 Å². The van der Waals surface area contributed by atoms with Gasteiger partial charge in [0.1, 0.15) is 17.6 Å². The van der Waals surface area contributed by atoms with Crippen molar-refractivity contribution in [3.63, 3.8) is 0 Å². The normalized spacial score (nSPS) is 11.1. The number of carbonyl (C=O) groups excluding carboxylic acids is 1. The number of nitrogens with zero attached hydrogens (tertiary/aromatic N) is 2. The molecule has 0 bridgehead atoms. The molecule has 0 aliphatic heterocycles. The number of carbonyl (C=O) groups is 1. The van der Waals surface area contributed by atoms with Crippen LogP contribution in [0.25, 0.3) is 22.1 Å². The zero-order valence-corrected chi connectivity index (χ0v) is 14.4. The number of furan rings is 1. The van der Waals surface area contributed by atoms with Crippen LogP contribution < -0.4 is 10.9 Å². The third kappa shape index (κ3) is 3.07. The topological polar surface area (TPSA) is 77.1 Å². The Morgan fingerprint density at radius 1 is 1.15 bits per heavy atom. The number of halogens is 1. The second kappa shape index (κ2) is 6.65. The molecule has 1 N–H and O–H groups in total. The van der Waals surface area contributed by atoms with Crippen molar-refractivity contribution in [2.75, 3.05) is 0 Å². The first-order valence-corrected chi connectivity index (χ1v) is 8.37. The van der Waals surface area contributed by atoms with Crippen molar-refractivity contribution < 1.29 is 9.21 Å². The van der Waals surface area contributed by atoms with Gasteiger partial charge in [0.15, 0.2) is 0 Å². The molecule has 7 heteroatoms. The van der Waals surface area contributed by atoms with Crippen LogP contribution in [0.15, 0.2) is 64.1 Å². The van der Waals surface area contributed by atoms with Gasteiger partial charge < -0.3 is 9.73 Å². The van der Waals surface area contributed by atoms with E-state index in [1.165, 1.54) is 10.9 Å². The van der Waals surface area contributed by atoms with Crippen LogP contribution in [0.4, 0.5) is 0 Å². The van der Waals surface area contributed by atoms with E-state index in [2.05, 4.69) is 10.3 Å². The van der Waals surface area contributed by atoms with Crippen LogP contribution in [0, 0.1) is 0 Å². The van der Waals surface area contributed by atoms with Crippen LogP contribution in [-0.2, 0) is 17.9 Å². The lowest BCUT2D eigenvalue weighted by atomic mass is 10.2. The van der Waals surface area contributed by atoms with Gasteiger partial charge in [0.05, 0.1) is 6.33 Å². The van der Waals surface area contributed by atoms with E-state index in [-0.39, 0.29) is 23.6 Å². The monoisotopic (exact) mass is 367 g/mol. The Kier molecular flexibility index (Phi) is 4.18. The Balaban J connectivity index is 1.54. The molecule has 0 saturated carbocycles. The summed E-state index contributed by atoms with van der Waals surface area (Å²) in [4.78, 5) is 29.0. The number of nitrogens with one attached hydrogen (secondary N) is 1. The van der Waals surface area contributed by atoms with E-state index in [1.807, 2.05) is 30.3 Å². The smallest absolute Gasteiger partial charge is 0.297 e. The number of hydrogen-bond acceptors (Lipinski definition) is 4. The highest BCUT2D eigenvalue weighted by atomic mass is 35.5. The van der Waals surface area contributed by atoms with Crippen molar-refractivity contribution >= 4 is 39.6 Å². The molecule has 0 atom stereocenters. The van der Waals surface area contributed by atoms with E-state index in [0.717, 1.165) is 10.9 Å². The summed E-state index contributed by atoms with van der Waals surface area (Å²) >= 11 is 5.83. The summed E-state index contributed by atoms with van der Waals surface area (Å²) in [5.41, 5.74) is 1.79. The van der Waals surface area contributed by atoms with Gasteiger partial charge in [-0.05, 0) is 29.8 Å². The first-order valence-electron chi connectivity index (χ1n) is 7.99. The maximum Gasteiger partial charge on any atom is 0.297 e. The highest BCUT2D eigenvalue weighted by Gasteiger charge is 2.14. The molecule has 0 aliphatic carbocycles.